The van der Waals surface area contributed by atoms with Gasteiger partial charge in [0.15, 0.2) is 0 Å². The van der Waals surface area contributed by atoms with E-state index in [1.807, 2.05) is 30.3 Å². The van der Waals surface area contributed by atoms with E-state index < -0.39 is 0 Å². The summed E-state index contributed by atoms with van der Waals surface area (Å²) in [5, 5.41) is 8.40. The van der Waals surface area contributed by atoms with Crippen molar-refractivity contribution in [3.63, 3.8) is 0 Å². The number of ether oxygens (including phenoxy) is 1. The van der Waals surface area contributed by atoms with Crippen molar-refractivity contribution in [2.75, 3.05) is 13.2 Å². The fraction of sp³-hybridized carbons (Fsp3) is 0.250. The summed E-state index contributed by atoms with van der Waals surface area (Å²) in [7, 11) is 0. The molecule has 0 spiro atoms. The lowest BCUT2D eigenvalue weighted by atomic mass is 10.3. The first-order valence-electron chi connectivity index (χ1n) is 3.22. The largest absolute Gasteiger partial charge is 0.491 e. The molecule has 1 N–H and O–H groups in total. The lowest BCUT2D eigenvalue weighted by Gasteiger charge is -2.01. The molecule has 70 valence electrons. The van der Waals surface area contributed by atoms with Gasteiger partial charge in [-0.1, -0.05) is 18.2 Å². The Morgan fingerprint density at radius 1 is 1.08 bits per heavy atom. The maximum absolute atomic E-state index is 8.40. The zero-order valence-electron chi connectivity index (χ0n) is 6.47. The molecule has 0 heterocycles. The van der Waals surface area contributed by atoms with Crippen molar-refractivity contribution in [1.29, 1.82) is 0 Å². The molecule has 0 fully saturated rings. The van der Waals surface area contributed by atoms with Crippen molar-refractivity contribution in [2.24, 2.45) is 0 Å². The molecule has 0 bridgehead atoms. The van der Waals surface area contributed by atoms with Gasteiger partial charge in [0.1, 0.15) is 12.4 Å². The molecule has 0 radical (unpaired) electrons. The van der Waals surface area contributed by atoms with Crippen LogP contribution in [0.3, 0.4) is 0 Å². The van der Waals surface area contributed by atoms with Crippen LogP contribution in [-0.4, -0.2) is 18.3 Å². The molecular weight excluding hydrogens is 199 g/mol. The van der Waals surface area contributed by atoms with Crippen LogP contribution in [0.25, 0.3) is 0 Å². The van der Waals surface area contributed by atoms with Crippen LogP contribution in [0.5, 0.6) is 5.75 Å². The molecule has 0 atom stereocenters. The molecule has 2 nitrogen and oxygen atoms in total. The highest BCUT2D eigenvalue weighted by molar-refractivity contribution is 5.85. The molecule has 1 aromatic carbocycles. The third-order valence-corrected chi connectivity index (χ3v) is 1.10. The highest BCUT2D eigenvalue weighted by Gasteiger charge is 1.86. The second-order valence-corrected chi connectivity index (χ2v) is 1.89. The molecule has 0 aliphatic carbocycles. The van der Waals surface area contributed by atoms with Crippen LogP contribution in [0.1, 0.15) is 0 Å². The number of rotatable bonds is 3. The molecule has 1 aromatic rings. The maximum Gasteiger partial charge on any atom is 0.119 e. The van der Waals surface area contributed by atoms with Gasteiger partial charge < -0.3 is 9.84 Å². The number of para-hydroxylation sites is 1. The van der Waals surface area contributed by atoms with Crippen LogP contribution >= 0.6 is 24.8 Å². The first-order chi connectivity index (χ1) is 4.93. The van der Waals surface area contributed by atoms with E-state index in [0.717, 1.165) is 5.75 Å². The summed E-state index contributed by atoms with van der Waals surface area (Å²) in [5.74, 6) is 0.802. The number of aliphatic hydroxyl groups is 1. The number of hydrogen-bond donors (Lipinski definition) is 1. The minimum absolute atomic E-state index is 0. The average Bonchev–Trinajstić information content (AvgIpc) is 2.03. The number of aliphatic hydroxyl groups excluding tert-OH is 1. The molecule has 0 amide bonds. The quantitative estimate of drug-likeness (QED) is 0.827. The molecule has 0 saturated carbocycles. The van der Waals surface area contributed by atoms with Crippen LogP contribution in [0, 0.1) is 0 Å². The first-order valence-corrected chi connectivity index (χ1v) is 3.22. The minimum atomic E-state index is 0. The average molecular weight is 211 g/mol. The molecule has 0 aromatic heterocycles. The summed E-state index contributed by atoms with van der Waals surface area (Å²) in [5.41, 5.74) is 0. The van der Waals surface area contributed by atoms with Gasteiger partial charge in [-0.05, 0) is 12.1 Å². The fourth-order valence-electron chi connectivity index (χ4n) is 0.680. The smallest absolute Gasteiger partial charge is 0.119 e. The van der Waals surface area contributed by atoms with E-state index in [1.165, 1.54) is 0 Å². The predicted octanol–water partition coefficient (Wildman–Crippen LogP) is 1.90. The monoisotopic (exact) mass is 210 g/mol. The highest BCUT2D eigenvalue weighted by atomic mass is 35.5. The van der Waals surface area contributed by atoms with Gasteiger partial charge in [0, 0.05) is 0 Å². The Hall–Kier alpha value is -0.440. The third-order valence-electron chi connectivity index (χ3n) is 1.10. The van der Waals surface area contributed by atoms with Gasteiger partial charge in [-0.2, -0.15) is 0 Å². The summed E-state index contributed by atoms with van der Waals surface area (Å²) in [6.07, 6.45) is 0. The van der Waals surface area contributed by atoms with E-state index in [9.17, 15) is 0 Å². The van der Waals surface area contributed by atoms with Crippen LogP contribution < -0.4 is 4.74 Å². The SMILES string of the molecule is Cl.Cl.OCCOc1ccccc1. The zero-order chi connectivity index (χ0) is 7.23. The van der Waals surface area contributed by atoms with E-state index in [2.05, 4.69) is 0 Å². The summed E-state index contributed by atoms with van der Waals surface area (Å²) in [6, 6.07) is 9.43. The Labute approximate surface area is 84.4 Å². The molecular formula is C8H12Cl2O2. The van der Waals surface area contributed by atoms with Gasteiger partial charge in [0.05, 0.1) is 6.61 Å². The van der Waals surface area contributed by atoms with Crippen LogP contribution in [0.2, 0.25) is 0 Å². The summed E-state index contributed by atoms with van der Waals surface area (Å²) < 4.78 is 5.11. The molecule has 0 aliphatic rings. The molecule has 0 aliphatic heterocycles. The van der Waals surface area contributed by atoms with Gasteiger partial charge in [0.25, 0.3) is 0 Å². The van der Waals surface area contributed by atoms with E-state index >= 15 is 0 Å². The van der Waals surface area contributed by atoms with Crippen molar-refractivity contribution in [1.82, 2.24) is 0 Å². The van der Waals surface area contributed by atoms with E-state index in [0.29, 0.717) is 6.61 Å². The molecule has 1 rings (SSSR count). The van der Waals surface area contributed by atoms with Crippen molar-refractivity contribution >= 4 is 24.8 Å². The van der Waals surface area contributed by atoms with Crippen LogP contribution in [-0.2, 0) is 0 Å². The number of benzene rings is 1. The second kappa shape index (κ2) is 8.65. The topological polar surface area (TPSA) is 29.5 Å². The van der Waals surface area contributed by atoms with Crippen molar-refractivity contribution in [3.05, 3.63) is 30.3 Å². The Bertz CT molecular complexity index is 180. The van der Waals surface area contributed by atoms with Crippen LogP contribution in [0.15, 0.2) is 30.3 Å². The summed E-state index contributed by atoms with van der Waals surface area (Å²) in [6.45, 7) is 0.429. The Morgan fingerprint density at radius 2 is 1.67 bits per heavy atom. The Kier molecular flexibility index (Phi) is 10.2. The summed E-state index contributed by atoms with van der Waals surface area (Å²) in [4.78, 5) is 0. The molecule has 4 heteroatoms. The van der Waals surface area contributed by atoms with Gasteiger partial charge in [-0.15, -0.1) is 24.8 Å². The lowest BCUT2D eigenvalue weighted by Crippen LogP contribution is -2.00. The summed E-state index contributed by atoms with van der Waals surface area (Å²) >= 11 is 0. The van der Waals surface area contributed by atoms with E-state index in [4.69, 9.17) is 9.84 Å². The third kappa shape index (κ3) is 5.24. The van der Waals surface area contributed by atoms with Crippen molar-refractivity contribution in [2.45, 2.75) is 0 Å². The van der Waals surface area contributed by atoms with Gasteiger partial charge in [0.2, 0.25) is 0 Å². The standard InChI is InChI=1S/C8H10O2.2ClH/c9-6-7-10-8-4-2-1-3-5-8;;/h1-5,9H,6-7H2;2*1H. The van der Waals surface area contributed by atoms with Crippen molar-refractivity contribution < 1.29 is 9.84 Å². The van der Waals surface area contributed by atoms with Crippen molar-refractivity contribution in [3.8, 4) is 5.75 Å². The Morgan fingerprint density at radius 3 is 2.17 bits per heavy atom. The lowest BCUT2D eigenvalue weighted by molar-refractivity contribution is 0.201. The minimum Gasteiger partial charge on any atom is -0.491 e. The number of halogens is 2. The molecule has 0 saturated heterocycles. The number of hydrogen-bond acceptors (Lipinski definition) is 2. The van der Waals surface area contributed by atoms with Crippen LogP contribution in [0.4, 0.5) is 0 Å². The normalized spacial score (nSPS) is 7.75. The van der Waals surface area contributed by atoms with E-state index in [1.54, 1.807) is 0 Å². The van der Waals surface area contributed by atoms with E-state index in [-0.39, 0.29) is 31.4 Å². The highest BCUT2D eigenvalue weighted by Crippen LogP contribution is 2.06. The second-order valence-electron chi connectivity index (χ2n) is 1.89. The molecule has 12 heavy (non-hydrogen) atoms. The maximum atomic E-state index is 8.40. The van der Waals surface area contributed by atoms with Gasteiger partial charge in [-0.3, -0.25) is 0 Å². The van der Waals surface area contributed by atoms with Gasteiger partial charge >= 0.3 is 0 Å². The Balaban J connectivity index is 0. The fourth-order valence-corrected chi connectivity index (χ4v) is 0.680. The zero-order valence-corrected chi connectivity index (χ0v) is 8.11. The molecule has 0 unspecified atom stereocenters. The van der Waals surface area contributed by atoms with Gasteiger partial charge in [-0.25, -0.2) is 0 Å². The first kappa shape index (κ1) is 14.1. The predicted molar refractivity (Wildman–Crippen MR) is 53.5 cm³/mol.